The number of nitrogens with zero attached hydrogens (tertiary/aromatic N) is 1. The van der Waals surface area contributed by atoms with Crippen LogP contribution in [0.15, 0.2) is 15.9 Å². The van der Waals surface area contributed by atoms with E-state index in [9.17, 15) is 8.78 Å². The van der Waals surface area contributed by atoms with Crippen molar-refractivity contribution in [3.63, 3.8) is 0 Å². The van der Waals surface area contributed by atoms with Gasteiger partial charge in [-0.15, -0.1) is 11.3 Å². The zero-order chi connectivity index (χ0) is 6.69. The second kappa shape index (κ2) is 3.12. The maximum atomic E-state index is 11.5. The highest BCUT2D eigenvalue weighted by Crippen LogP contribution is 2.26. The average molecular weight is 167 g/mol. The van der Waals surface area contributed by atoms with E-state index in [4.69, 9.17) is 0 Å². The van der Waals surface area contributed by atoms with Crippen molar-refractivity contribution in [3.8, 4) is 0 Å². The van der Waals surface area contributed by atoms with Crippen molar-refractivity contribution < 1.29 is 8.78 Å². The summed E-state index contributed by atoms with van der Waals surface area (Å²) in [6.45, 7) is 0. The normalized spacial score (nSPS) is 10.6. The van der Waals surface area contributed by atoms with Crippen molar-refractivity contribution in [2.24, 2.45) is 0 Å². The van der Waals surface area contributed by atoms with Gasteiger partial charge in [0, 0.05) is 11.6 Å². The van der Waals surface area contributed by atoms with Gasteiger partial charge in [-0.25, -0.2) is 4.98 Å². The minimum Gasteiger partial charge on any atom is -0.238 e. The van der Waals surface area contributed by atoms with Crippen LogP contribution < -0.4 is 0 Å². The first kappa shape index (κ1) is 6.95. The number of hydrogen-bond acceptors (Lipinski definition) is 3. The van der Waals surface area contributed by atoms with E-state index in [2.05, 4.69) is 4.98 Å². The predicted molar refractivity (Wildman–Crippen MR) is 34.0 cm³/mol. The Morgan fingerprint density at radius 1 is 1.67 bits per heavy atom. The molecule has 5 heteroatoms. The highest BCUT2D eigenvalue weighted by Gasteiger charge is 2.05. The fourth-order valence-electron chi connectivity index (χ4n) is 0.345. The monoisotopic (exact) mass is 167 g/mol. The third-order valence-electron chi connectivity index (χ3n) is 0.600. The molecule has 1 nitrogen and oxygen atoms in total. The number of thiazole rings is 1. The molecule has 0 saturated heterocycles. The van der Waals surface area contributed by atoms with Gasteiger partial charge < -0.3 is 0 Å². The lowest BCUT2D eigenvalue weighted by Crippen LogP contribution is -1.78. The van der Waals surface area contributed by atoms with Crippen LogP contribution >= 0.6 is 23.1 Å². The highest BCUT2D eigenvalue weighted by atomic mass is 32.2. The van der Waals surface area contributed by atoms with E-state index < -0.39 is 5.76 Å². The molecule has 0 spiro atoms. The molecule has 0 radical (unpaired) electrons. The molecular weight excluding hydrogens is 164 g/mol. The van der Waals surface area contributed by atoms with Crippen LogP contribution in [0.1, 0.15) is 0 Å². The molecule has 0 bridgehead atoms. The molecule has 0 aliphatic heterocycles. The van der Waals surface area contributed by atoms with E-state index in [0.717, 1.165) is 0 Å². The van der Waals surface area contributed by atoms with Crippen LogP contribution in [0.25, 0.3) is 0 Å². The van der Waals surface area contributed by atoms with Gasteiger partial charge in [0.2, 0.25) is 0 Å². The molecule has 9 heavy (non-hydrogen) atoms. The summed E-state index contributed by atoms with van der Waals surface area (Å²) in [5.74, 6) is -2.35. The van der Waals surface area contributed by atoms with E-state index in [-0.39, 0.29) is 0 Å². The molecule has 0 atom stereocenters. The number of aromatic nitrogens is 1. The van der Waals surface area contributed by atoms with E-state index in [0.29, 0.717) is 16.1 Å². The van der Waals surface area contributed by atoms with Gasteiger partial charge in [-0.1, -0.05) is 0 Å². The predicted octanol–water partition coefficient (Wildman–Crippen LogP) is 2.46. The van der Waals surface area contributed by atoms with Crippen molar-refractivity contribution in [1.82, 2.24) is 4.98 Å². The summed E-state index contributed by atoms with van der Waals surface area (Å²) in [6.07, 6.45) is 1.51. The standard InChI is InChI=1S/C4H3F2NS2/c5-3(6)9-4-7-1-2-8-4/h1-3H. The Morgan fingerprint density at radius 2 is 2.44 bits per heavy atom. The largest absolute Gasteiger partial charge is 0.291 e. The van der Waals surface area contributed by atoms with Gasteiger partial charge in [0.15, 0.2) is 4.34 Å². The number of rotatable bonds is 2. The molecule has 0 aliphatic rings. The number of hydrogen-bond donors (Lipinski definition) is 0. The number of alkyl halides is 2. The van der Waals surface area contributed by atoms with Crippen molar-refractivity contribution >= 4 is 23.1 Å². The quantitative estimate of drug-likeness (QED) is 0.627. The zero-order valence-corrected chi connectivity index (χ0v) is 5.88. The zero-order valence-electron chi connectivity index (χ0n) is 4.25. The maximum Gasteiger partial charge on any atom is 0.291 e. The SMILES string of the molecule is FC(F)Sc1nccs1. The molecule has 0 N–H and O–H groups in total. The van der Waals surface area contributed by atoms with Gasteiger partial charge in [-0.05, 0) is 11.8 Å². The molecule has 1 aromatic heterocycles. The van der Waals surface area contributed by atoms with Crippen molar-refractivity contribution in [1.29, 1.82) is 0 Å². The smallest absolute Gasteiger partial charge is 0.238 e. The molecule has 0 aromatic carbocycles. The maximum absolute atomic E-state index is 11.5. The molecule has 0 fully saturated rings. The molecule has 50 valence electrons. The fraction of sp³-hybridized carbons (Fsp3) is 0.250. The summed E-state index contributed by atoms with van der Waals surface area (Å²) in [5, 5.41) is 1.67. The van der Waals surface area contributed by atoms with Crippen LogP contribution in [0, 0.1) is 0 Å². The van der Waals surface area contributed by atoms with Gasteiger partial charge in [0.1, 0.15) is 0 Å². The van der Waals surface area contributed by atoms with E-state index in [1.165, 1.54) is 17.5 Å². The molecule has 0 aliphatic carbocycles. The minimum absolute atomic E-state index is 0.421. The molecule has 1 heterocycles. The molecular formula is C4H3F2NS2. The van der Waals surface area contributed by atoms with Gasteiger partial charge in [-0.3, -0.25) is 0 Å². The molecule has 0 saturated carbocycles. The first-order valence-electron chi connectivity index (χ1n) is 2.13. The summed E-state index contributed by atoms with van der Waals surface area (Å²) < 4.78 is 23.5. The Hall–Kier alpha value is -0.160. The lowest BCUT2D eigenvalue weighted by molar-refractivity contribution is 0.252. The summed E-state index contributed by atoms with van der Waals surface area (Å²) in [7, 11) is 0. The molecule has 1 aromatic rings. The first-order valence-corrected chi connectivity index (χ1v) is 3.89. The van der Waals surface area contributed by atoms with Gasteiger partial charge >= 0.3 is 0 Å². The second-order valence-corrected chi connectivity index (χ2v) is 3.31. The third kappa shape index (κ3) is 2.28. The fourth-order valence-corrected chi connectivity index (χ4v) is 1.59. The summed E-state index contributed by atoms with van der Waals surface area (Å²) in [5.41, 5.74) is 0. The molecule has 0 amide bonds. The summed E-state index contributed by atoms with van der Waals surface area (Å²) >= 11 is 1.70. The van der Waals surface area contributed by atoms with Crippen LogP contribution in [0.3, 0.4) is 0 Å². The van der Waals surface area contributed by atoms with Crippen molar-refractivity contribution in [3.05, 3.63) is 11.6 Å². The Morgan fingerprint density at radius 3 is 2.89 bits per heavy atom. The average Bonchev–Trinajstić information content (AvgIpc) is 2.15. The van der Waals surface area contributed by atoms with Crippen LogP contribution in [-0.2, 0) is 0 Å². The van der Waals surface area contributed by atoms with Crippen molar-refractivity contribution in [2.45, 2.75) is 10.1 Å². The minimum atomic E-state index is -2.35. The van der Waals surface area contributed by atoms with Crippen molar-refractivity contribution in [2.75, 3.05) is 0 Å². The van der Waals surface area contributed by atoms with Crippen LogP contribution in [0.4, 0.5) is 8.78 Å². The lowest BCUT2D eigenvalue weighted by Gasteiger charge is -1.89. The number of thioether (sulfide) groups is 1. The molecule has 0 unspecified atom stereocenters. The van der Waals surface area contributed by atoms with Gasteiger partial charge in [-0.2, -0.15) is 8.78 Å². The first-order chi connectivity index (χ1) is 4.29. The highest BCUT2D eigenvalue weighted by molar-refractivity contribution is 8.01. The Labute approximate surface area is 59.1 Å². The number of halogens is 2. The van der Waals surface area contributed by atoms with Crippen LogP contribution in [0.5, 0.6) is 0 Å². The van der Waals surface area contributed by atoms with E-state index in [1.54, 1.807) is 5.38 Å². The second-order valence-electron chi connectivity index (χ2n) is 1.18. The Kier molecular flexibility index (Phi) is 2.41. The van der Waals surface area contributed by atoms with E-state index >= 15 is 0 Å². The topological polar surface area (TPSA) is 12.9 Å². The third-order valence-corrected chi connectivity index (χ3v) is 2.23. The van der Waals surface area contributed by atoms with Crippen LogP contribution in [-0.4, -0.2) is 10.7 Å². The van der Waals surface area contributed by atoms with E-state index in [1.807, 2.05) is 0 Å². The Bertz CT molecular complexity index is 163. The Balaban J connectivity index is 2.48. The molecule has 1 rings (SSSR count). The lowest BCUT2D eigenvalue weighted by atomic mass is 11.0. The van der Waals surface area contributed by atoms with Crippen LogP contribution in [0.2, 0.25) is 0 Å². The summed E-state index contributed by atoms with van der Waals surface area (Å²) in [4.78, 5) is 3.66. The summed E-state index contributed by atoms with van der Waals surface area (Å²) in [6, 6.07) is 0. The van der Waals surface area contributed by atoms with Gasteiger partial charge in [0.25, 0.3) is 5.76 Å². The van der Waals surface area contributed by atoms with Gasteiger partial charge in [0.05, 0.1) is 0 Å².